The van der Waals surface area contributed by atoms with Crippen molar-refractivity contribution in [2.24, 2.45) is 0 Å². The lowest BCUT2D eigenvalue weighted by atomic mass is 9.86. The Morgan fingerprint density at radius 1 is 1.07 bits per heavy atom. The summed E-state index contributed by atoms with van der Waals surface area (Å²) >= 11 is 6.28. The highest BCUT2D eigenvalue weighted by atomic mass is 35.5. The molecule has 0 radical (unpaired) electrons. The maximum Gasteiger partial charge on any atom is 0.411 e. The van der Waals surface area contributed by atoms with Gasteiger partial charge in [-0.15, -0.1) is 0 Å². The van der Waals surface area contributed by atoms with Gasteiger partial charge in [0.15, 0.2) is 0 Å². The molecular formula is C29H28ClN5O5. The van der Waals surface area contributed by atoms with Crippen LogP contribution in [0.25, 0.3) is 0 Å². The Labute approximate surface area is 236 Å². The van der Waals surface area contributed by atoms with Gasteiger partial charge in [-0.2, -0.15) is 0 Å². The third-order valence-corrected chi connectivity index (χ3v) is 7.38. The summed E-state index contributed by atoms with van der Waals surface area (Å²) in [6.45, 7) is 0.627. The SMILES string of the molecule is COC(=O)Nc1ccc(C(=O)N[C@@H](Cc2ccccc2)C(=O)N2CCC3(C2)NC(=O)Nc2ccc(Cl)cc23)cc1. The summed E-state index contributed by atoms with van der Waals surface area (Å²) in [4.78, 5) is 52.7. The second-order valence-corrected chi connectivity index (χ2v) is 10.2. The van der Waals surface area contributed by atoms with E-state index < -0.39 is 23.6 Å². The lowest BCUT2D eigenvalue weighted by molar-refractivity contribution is -0.132. The number of benzene rings is 3. The van der Waals surface area contributed by atoms with Crippen LogP contribution in [0.15, 0.2) is 72.8 Å². The van der Waals surface area contributed by atoms with Crippen molar-refractivity contribution in [1.29, 1.82) is 0 Å². The first kappa shape index (κ1) is 27.0. The molecule has 1 unspecified atom stereocenters. The number of likely N-dealkylation sites (tertiary alicyclic amines) is 1. The Morgan fingerprint density at radius 3 is 2.55 bits per heavy atom. The molecule has 10 nitrogen and oxygen atoms in total. The summed E-state index contributed by atoms with van der Waals surface area (Å²) < 4.78 is 4.58. The summed E-state index contributed by atoms with van der Waals surface area (Å²) in [7, 11) is 1.26. The minimum atomic E-state index is -0.853. The first-order valence-corrected chi connectivity index (χ1v) is 13.1. The lowest BCUT2D eigenvalue weighted by Crippen LogP contribution is -2.55. The topological polar surface area (TPSA) is 129 Å². The molecule has 3 aromatic carbocycles. The molecule has 0 bridgehead atoms. The molecule has 2 aliphatic heterocycles. The second kappa shape index (κ2) is 11.3. The zero-order chi connectivity index (χ0) is 28.3. The minimum Gasteiger partial charge on any atom is -0.453 e. The second-order valence-electron chi connectivity index (χ2n) is 9.77. The number of rotatable bonds is 6. The molecule has 4 N–H and O–H groups in total. The predicted molar refractivity (Wildman–Crippen MR) is 150 cm³/mol. The molecule has 1 spiro atoms. The molecule has 0 aliphatic carbocycles. The van der Waals surface area contributed by atoms with Crippen molar-refractivity contribution in [3.63, 3.8) is 0 Å². The van der Waals surface area contributed by atoms with E-state index in [1.807, 2.05) is 30.3 Å². The number of anilines is 2. The van der Waals surface area contributed by atoms with Crippen molar-refractivity contribution in [2.45, 2.75) is 24.4 Å². The van der Waals surface area contributed by atoms with Crippen molar-refractivity contribution in [2.75, 3.05) is 30.8 Å². The number of fused-ring (bicyclic) bond motifs is 2. The number of urea groups is 1. The molecule has 1 saturated heterocycles. The average Bonchev–Trinajstić information content (AvgIpc) is 3.37. The number of hydrogen-bond acceptors (Lipinski definition) is 5. The van der Waals surface area contributed by atoms with Gasteiger partial charge < -0.3 is 25.6 Å². The lowest BCUT2D eigenvalue weighted by Gasteiger charge is -2.37. The smallest absolute Gasteiger partial charge is 0.411 e. The summed E-state index contributed by atoms with van der Waals surface area (Å²) in [6, 6.07) is 19.8. The van der Waals surface area contributed by atoms with Crippen molar-refractivity contribution >= 4 is 46.9 Å². The van der Waals surface area contributed by atoms with Gasteiger partial charge in [0.2, 0.25) is 5.91 Å². The molecule has 5 rings (SSSR count). The number of carbonyl (C=O) groups excluding carboxylic acids is 4. The van der Waals surface area contributed by atoms with E-state index in [0.717, 1.165) is 11.1 Å². The largest absolute Gasteiger partial charge is 0.453 e. The minimum absolute atomic E-state index is 0.238. The molecule has 206 valence electrons. The van der Waals surface area contributed by atoms with Crippen LogP contribution in [0.1, 0.15) is 27.9 Å². The van der Waals surface area contributed by atoms with Crippen molar-refractivity contribution in [3.8, 4) is 0 Å². The quantitative estimate of drug-likeness (QED) is 0.360. The predicted octanol–water partition coefficient (Wildman–Crippen LogP) is 4.12. The van der Waals surface area contributed by atoms with Crippen LogP contribution in [0.5, 0.6) is 0 Å². The van der Waals surface area contributed by atoms with Gasteiger partial charge in [0.05, 0.1) is 12.6 Å². The van der Waals surface area contributed by atoms with Crippen LogP contribution >= 0.6 is 11.6 Å². The molecular weight excluding hydrogens is 534 g/mol. The zero-order valence-electron chi connectivity index (χ0n) is 21.7. The highest BCUT2D eigenvalue weighted by molar-refractivity contribution is 6.30. The number of carbonyl (C=O) groups is 4. The number of nitrogens with one attached hydrogen (secondary N) is 4. The van der Waals surface area contributed by atoms with E-state index in [-0.39, 0.29) is 24.9 Å². The molecule has 0 aromatic heterocycles. The molecule has 40 heavy (non-hydrogen) atoms. The normalized spacial score (nSPS) is 18.2. The van der Waals surface area contributed by atoms with E-state index in [1.165, 1.54) is 7.11 Å². The number of ether oxygens (including phenoxy) is 1. The van der Waals surface area contributed by atoms with Crippen LogP contribution in [0.3, 0.4) is 0 Å². The Morgan fingerprint density at radius 2 is 1.82 bits per heavy atom. The van der Waals surface area contributed by atoms with Gasteiger partial charge in [-0.05, 0) is 54.4 Å². The molecule has 0 saturated carbocycles. The Bertz CT molecular complexity index is 1450. The molecule has 5 amide bonds. The number of amides is 5. The van der Waals surface area contributed by atoms with Gasteiger partial charge in [-0.3, -0.25) is 14.9 Å². The number of methoxy groups -OCH3 is 1. The van der Waals surface area contributed by atoms with Crippen molar-refractivity contribution in [1.82, 2.24) is 15.5 Å². The van der Waals surface area contributed by atoms with E-state index in [1.54, 1.807) is 47.4 Å². The van der Waals surface area contributed by atoms with E-state index in [0.29, 0.717) is 34.9 Å². The monoisotopic (exact) mass is 561 g/mol. The molecule has 2 heterocycles. The van der Waals surface area contributed by atoms with Crippen LogP contribution in [0, 0.1) is 0 Å². The van der Waals surface area contributed by atoms with E-state index >= 15 is 0 Å². The fraction of sp³-hybridized carbons (Fsp3) is 0.241. The van der Waals surface area contributed by atoms with Crippen molar-refractivity contribution in [3.05, 3.63) is 94.5 Å². The van der Waals surface area contributed by atoms with E-state index in [2.05, 4.69) is 26.0 Å². The van der Waals surface area contributed by atoms with Crippen LogP contribution < -0.4 is 21.3 Å². The first-order valence-electron chi connectivity index (χ1n) is 12.7. The van der Waals surface area contributed by atoms with Gasteiger partial charge in [-0.25, -0.2) is 9.59 Å². The van der Waals surface area contributed by atoms with E-state index in [9.17, 15) is 19.2 Å². The summed E-state index contributed by atoms with van der Waals surface area (Å²) in [6.07, 6.45) is 0.164. The summed E-state index contributed by atoms with van der Waals surface area (Å²) in [5, 5.41) is 11.8. The first-order chi connectivity index (χ1) is 19.3. The summed E-state index contributed by atoms with van der Waals surface area (Å²) in [5.41, 5.74) is 2.36. The maximum atomic E-state index is 13.9. The van der Waals surface area contributed by atoms with Gasteiger partial charge >= 0.3 is 12.1 Å². The molecule has 2 aliphatic rings. The van der Waals surface area contributed by atoms with E-state index in [4.69, 9.17) is 11.6 Å². The molecule has 2 atom stereocenters. The highest BCUT2D eigenvalue weighted by Gasteiger charge is 2.47. The number of nitrogens with zero attached hydrogens (tertiary/aromatic N) is 1. The Kier molecular flexibility index (Phi) is 7.61. The fourth-order valence-electron chi connectivity index (χ4n) is 5.17. The van der Waals surface area contributed by atoms with Gasteiger partial charge in [0.1, 0.15) is 6.04 Å². The van der Waals surface area contributed by atoms with Crippen LogP contribution in [-0.2, 0) is 21.5 Å². The Balaban J connectivity index is 1.36. The van der Waals surface area contributed by atoms with Gasteiger partial charge in [-0.1, -0.05) is 41.9 Å². The maximum absolute atomic E-state index is 13.9. The van der Waals surface area contributed by atoms with Crippen LogP contribution in [-0.4, -0.2) is 55.1 Å². The molecule has 3 aromatic rings. The van der Waals surface area contributed by atoms with Crippen molar-refractivity contribution < 1.29 is 23.9 Å². The molecule has 1 fully saturated rings. The standard InChI is InChI=1S/C29H28ClN5O5/c1-40-28(39)31-21-10-7-19(8-11-21)25(36)32-24(15-18-5-3-2-4-6-18)26(37)35-14-13-29(17-35)22-16-20(30)9-12-23(22)33-27(38)34-29/h2-12,16,24H,13-15,17H2,1H3,(H,31,39)(H,32,36)(H2,33,34,38)/t24-,29?/m0/s1. The molecule has 11 heteroatoms. The Hall–Kier alpha value is -4.57. The zero-order valence-corrected chi connectivity index (χ0v) is 22.5. The number of halogens is 1. The number of hydrogen-bond donors (Lipinski definition) is 4. The average molecular weight is 562 g/mol. The van der Waals surface area contributed by atoms with Gasteiger partial charge in [0.25, 0.3) is 5.91 Å². The third-order valence-electron chi connectivity index (χ3n) is 7.14. The fourth-order valence-corrected chi connectivity index (χ4v) is 5.34. The summed E-state index contributed by atoms with van der Waals surface area (Å²) in [5.74, 6) is -0.686. The third kappa shape index (κ3) is 5.72. The van der Waals surface area contributed by atoms with Gasteiger partial charge in [0, 0.05) is 47.0 Å². The van der Waals surface area contributed by atoms with Crippen LogP contribution in [0.4, 0.5) is 21.0 Å². The van der Waals surface area contributed by atoms with Crippen LogP contribution in [0.2, 0.25) is 5.02 Å². The highest BCUT2D eigenvalue weighted by Crippen LogP contribution is 2.40.